The van der Waals surface area contributed by atoms with Crippen LogP contribution in [0.15, 0.2) is 47.4 Å². The van der Waals surface area contributed by atoms with Gasteiger partial charge in [-0.15, -0.1) is 0 Å². The highest BCUT2D eigenvalue weighted by Gasteiger charge is 2.39. The zero-order chi connectivity index (χ0) is 15.0. The molecule has 0 aromatic heterocycles. The van der Waals surface area contributed by atoms with E-state index >= 15 is 0 Å². The second kappa shape index (κ2) is 5.13. The SMILES string of the molecule is O=C(O)[C@H]1CCCN1S(=O)(=O)c1cccc2ccccc12. The van der Waals surface area contributed by atoms with Gasteiger partial charge < -0.3 is 5.11 Å². The quantitative estimate of drug-likeness (QED) is 0.942. The summed E-state index contributed by atoms with van der Waals surface area (Å²) in [6, 6.07) is 11.3. The predicted octanol–water partition coefficient (Wildman–Crippen LogP) is 2.08. The van der Waals surface area contributed by atoms with Crippen LogP contribution in [0.1, 0.15) is 12.8 Å². The number of hydrogen-bond donors (Lipinski definition) is 1. The first-order valence-electron chi connectivity index (χ1n) is 6.74. The largest absolute Gasteiger partial charge is 0.480 e. The molecule has 1 aliphatic rings. The summed E-state index contributed by atoms with van der Waals surface area (Å²) in [5.74, 6) is -1.09. The second-order valence-electron chi connectivity index (χ2n) is 5.09. The lowest BCUT2D eigenvalue weighted by Crippen LogP contribution is -2.40. The smallest absolute Gasteiger partial charge is 0.322 e. The summed E-state index contributed by atoms with van der Waals surface area (Å²) in [5.41, 5.74) is 0. The number of hydrogen-bond acceptors (Lipinski definition) is 3. The number of aliphatic carboxylic acids is 1. The predicted molar refractivity (Wildman–Crippen MR) is 78.5 cm³/mol. The lowest BCUT2D eigenvalue weighted by atomic mass is 10.1. The third-order valence-electron chi connectivity index (χ3n) is 3.83. The minimum atomic E-state index is -3.81. The van der Waals surface area contributed by atoms with Crippen LogP contribution in [0.3, 0.4) is 0 Å². The molecule has 1 fully saturated rings. The lowest BCUT2D eigenvalue weighted by Gasteiger charge is -2.21. The molecule has 21 heavy (non-hydrogen) atoms. The molecular formula is C15H15NO4S. The summed E-state index contributed by atoms with van der Waals surface area (Å²) in [7, 11) is -3.81. The molecule has 0 bridgehead atoms. The molecule has 0 saturated carbocycles. The van der Waals surface area contributed by atoms with Gasteiger partial charge in [-0.25, -0.2) is 8.42 Å². The van der Waals surface area contributed by atoms with E-state index < -0.39 is 22.0 Å². The molecule has 0 aliphatic carbocycles. The fraction of sp³-hybridized carbons (Fsp3) is 0.267. The number of sulfonamides is 1. The Kier molecular flexibility index (Phi) is 3.43. The molecule has 3 rings (SSSR count). The molecule has 1 atom stereocenters. The van der Waals surface area contributed by atoms with Crippen LogP contribution in [-0.2, 0) is 14.8 Å². The minimum absolute atomic E-state index is 0.175. The first-order chi connectivity index (χ1) is 10.0. The Bertz CT molecular complexity index is 795. The maximum atomic E-state index is 12.8. The number of rotatable bonds is 3. The van der Waals surface area contributed by atoms with Crippen molar-refractivity contribution in [3.05, 3.63) is 42.5 Å². The molecule has 0 spiro atoms. The van der Waals surface area contributed by atoms with E-state index in [1.807, 2.05) is 18.2 Å². The topological polar surface area (TPSA) is 74.7 Å². The standard InChI is InChI=1S/C15H15NO4S/c17-15(18)13-8-4-10-16(13)21(19,20)14-9-3-6-11-5-1-2-7-12(11)14/h1-3,5-7,9,13H,4,8,10H2,(H,17,18)/t13-/m1/s1. The van der Waals surface area contributed by atoms with Crippen molar-refractivity contribution in [2.24, 2.45) is 0 Å². The van der Waals surface area contributed by atoms with Gasteiger partial charge in [0.2, 0.25) is 10.0 Å². The molecule has 2 aromatic carbocycles. The van der Waals surface area contributed by atoms with Gasteiger partial charge in [-0.05, 0) is 24.3 Å². The number of carboxylic acid groups (broad SMARTS) is 1. The van der Waals surface area contributed by atoms with E-state index in [9.17, 15) is 18.3 Å². The Morgan fingerprint density at radius 3 is 2.62 bits per heavy atom. The van der Waals surface area contributed by atoms with Crippen molar-refractivity contribution in [1.29, 1.82) is 0 Å². The maximum absolute atomic E-state index is 12.8. The monoisotopic (exact) mass is 305 g/mol. The van der Waals surface area contributed by atoms with Crippen LogP contribution in [0.4, 0.5) is 0 Å². The van der Waals surface area contributed by atoms with E-state index in [4.69, 9.17) is 0 Å². The number of carbonyl (C=O) groups is 1. The van der Waals surface area contributed by atoms with E-state index in [2.05, 4.69) is 0 Å². The van der Waals surface area contributed by atoms with Crippen LogP contribution in [0.5, 0.6) is 0 Å². The van der Waals surface area contributed by atoms with Gasteiger partial charge >= 0.3 is 5.97 Å². The normalized spacial score (nSPS) is 19.9. The molecule has 2 aromatic rings. The van der Waals surface area contributed by atoms with Crippen molar-refractivity contribution in [2.75, 3.05) is 6.54 Å². The van der Waals surface area contributed by atoms with Crippen molar-refractivity contribution in [3.8, 4) is 0 Å². The fourth-order valence-corrected chi connectivity index (χ4v) is 4.69. The Morgan fingerprint density at radius 2 is 1.86 bits per heavy atom. The Hall–Kier alpha value is -1.92. The van der Waals surface area contributed by atoms with E-state index in [1.165, 1.54) is 6.07 Å². The second-order valence-corrected chi connectivity index (χ2v) is 6.95. The Labute approximate surface area is 122 Å². The third kappa shape index (κ3) is 2.30. The zero-order valence-electron chi connectivity index (χ0n) is 11.3. The molecule has 1 aliphatic heterocycles. The molecule has 1 saturated heterocycles. The van der Waals surface area contributed by atoms with Crippen molar-refractivity contribution in [1.82, 2.24) is 4.31 Å². The molecule has 0 amide bonds. The number of benzene rings is 2. The average Bonchev–Trinajstić information content (AvgIpc) is 2.97. The molecule has 110 valence electrons. The molecule has 1 heterocycles. The van der Waals surface area contributed by atoms with Gasteiger partial charge in [-0.1, -0.05) is 36.4 Å². The van der Waals surface area contributed by atoms with Crippen molar-refractivity contribution in [2.45, 2.75) is 23.8 Å². The highest BCUT2D eigenvalue weighted by Crippen LogP contribution is 2.30. The highest BCUT2D eigenvalue weighted by atomic mass is 32.2. The Balaban J connectivity index is 2.15. The molecule has 0 radical (unpaired) electrons. The summed E-state index contributed by atoms with van der Waals surface area (Å²) < 4.78 is 26.8. The van der Waals surface area contributed by atoms with Gasteiger partial charge in [0, 0.05) is 11.9 Å². The van der Waals surface area contributed by atoms with Crippen molar-refractivity contribution >= 4 is 26.8 Å². The van der Waals surface area contributed by atoms with Crippen LogP contribution in [0.2, 0.25) is 0 Å². The molecule has 0 unspecified atom stereocenters. The highest BCUT2D eigenvalue weighted by molar-refractivity contribution is 7.89. The third-order valence-corrected chi connectivity index (χ3v) is 5.79. The first kappa shape index (κ1) is 14.0. The van der Waals surface area contributed by atoms with Crippen LogP contribution in [0, 0.1) is 0 Å². The number of carboxylic acids is 1. The average molecular weight is 305 g/mol. The van der Waals surface area contributed by atoms with E-state index in [0.29, 0.717) is 18.2 Å². The van der Waals surface area contributed by atoms with Gasteiger partial charge in [-0.2, -0.15) is 4.31 Å². The first-order valence-corrected chi connectivity index (χ1v) is 8.18. The van der Waals surface area contributed by atoms with Crippen molar-refractivity contribution < 1.29 is 18.3 Å². The molecular weight excluding hydrogens is 290 g/mol. The molecule has 1 N–H and O–H groups in total. The van der Waals surface area contributed by atoms with E-state index in [0.717, 1.165) is 9.69 Å². The fourth-order valence-electron chi connectivity index (χ4n) is 2.82. The summed E-state index contributed by atoms with van der Waals surface area (Å²) in [4.78, 5) is 11.4. The van der Waals surface area contributed by atoms with Crippen LogP contribution >= 0.6 is 0 Å². The van der Waals surface area contributed by atoms with E-state index in [-0.39, 0.29) is 11.4 Å². The van der Waals surface area contributed by atoms with Gasteiger partial charge in [0.15, 0.2) is 0 Å². The van der Waals surface area contributed by atoms with Crippen LogP contribution in [-0.4, -0.2) is 36.4 Å². The van der Waals surface area contributed by atoms with Gasteiger partial charge in [0.05, 0.1) is 4.90 Å². The van der Waals surface area contributed by atoms with Gasteiger partial charge in [0.1, 0.15) is 6.04 Å². The van der Waals surface area contributed by atoms with Gasteiger partial charge in [-0.3, -0.25) is 4.79 Å². The summed E-state index contributed by atoms with van der Waals surface area (Å²) in [5, 5.41) is 10.6. The summed E-state index contributed by atoms with van der Waals surface area (Å²) in [6.45, 7) is 0.253. The molecule has 6 heteroatoms. The minimum Gasteiger partial charge on any atom is -0.480 e. The lowest BCUT2D eigenvalue weighted by molar-refractivity contribution is -0.140. The van der Waals surface area contributed by atoms with Gasteiger partial charge in [0.25, 0.3) is 0 Å². The number of nitrogens with zero attached hydrogens (tertiary/aromatic N) is 1. The van der Waals surface area contributed by atoms with E-state index in [1.54, 1.807) is 18.2 Å². The summed E-state index contributed by atoms with van der Waals surface area (Å²) in [6.07, 6.45) is 0.931. The van der Waals surface area contributed by atoms with Crippen LogP contribution in [0.25, 0.3) is 10.8 Å². The van der Waals surface area contributed by atoms with Crippen molar-refractivity contribution in [3.63, 3.8) is 0 Å². The molecule has 5 nitrogen and oxygen atoms in total. The maximum Gasteiger partial charge on any atom is 0.322 e. The number of fused-ring (bicyclic) bond motifs is 1. The Morgan fingerprint density at radius 1 is 1.14 bits per heavy atom. The van der Waals surface area contributed by atoms with Crippen LogP contribution < -0.4 is 0 Å². The zero-order valence-corrected chi connectivity index (χ0v) is 12.1. The summed E-state index contributed by atoms with van der Waals surface area (Å²) >= 11 is 0.